The number of halogens is 3. The van der Waals surface area contributed by atoms with Gasteiger partial charge < -0.3 is 5.11 Å². The summed E-state index contributed by atoms with van der Waals surface area (Å²) in [6, 6.07) is 9.19. The zero-order valence-electron chi connectivity index (χ0n) is 10.5. The van der Waals surface area contributed by atoms with Gasteiger partial charge in [-0.3, -0.25) is 5.43 Å². The number of aromatic hydroxyl groups is 1. The predicted octanol–water partition coefficient (Wildman–Crippen LogP) is 5.33. The molecular formula is C14H11Br2ClN2O. The largest absolute Gasteiger partial charge is 0.506 e. The van der Waals surface area contributed by atoms with E-state index in [2.05, 4.69) is 42.4 Å². The third-order valence-electron chi connectivity index (χ3n) is 2.62. The van der Waals surface area contributed by atoms with Crippen LogP contribution in [0.5, 0.6) is 5.75 Å². The Kier molecular flexibility index (Phi) is 5.07. The molecule has 0 aliphatic heterocycles. The third kappa shape index (κ3) is 3.75. The van der Waals surface area contributed by atoms with Crippen LogP contribution in [0.2, 0.25) is 5.02 Å². The van der Waals surface area contributed by atoms with Crippen LogP contribution in [0.4, 0.5) is 5.69 Å². The SMILES string of the molecule is Cc1ccc(N/N=C/c2cc(Br)c(O)c(Br)c2)cc1Cl. The Bertz CT molecular complexity index is 651. The highest BCUT2D eigenvalue weighted by atomic mass is 79.9. The summed E-state index contributed by atoms with van der Waals surface area (Å²) in [7, 11) is 0. The minimum absolute atomic E-state index is 0.167. The zero-order valence-corrected chi connectivity index (χ0v) is 14.4. The highest BCUT2D eigenvalue weighted by molar-refractivity contribution is 9.11. The fourth-order valence-electron chi connectivity index (χ4n) is 1.50. The number of hydrogen-bond acceptors (Lipinski definition) is 3. The highest BCUT2D eigenvalue weighted by Gasteiger charge is 2.04. The number of hydrazone groups is 1. The monoisotopic (exact) mass is 416 g/mol. The molecule has 0 amide bonds. The lowest BCUT2D eigenvalue weighted by Crippen LogP contribution is -1.91. The number of hydrogen-bond donors (Lipinski definition) is 2. The Morgan fingerprint density at radius 3 is 2.45 bits per heavy atom. The van der Waals surface area contributed by atoms with Crippen LogP contribution in [-0.4, -0.2) is 11.3 Å². The summed E-state index contributed by atoms with van der Waals surface area (Å²) < 4.78 is 1.21. The van der Waals surface area contributed by atoms with Crippen LogP contribution in [0.15, 0.2) is 44.4 Å². The van der Waals surface area contributed by atoms with Crippen molar-refractivity contribution in [2.24, 2.45) is 5.10 Å². The highest BCUT2D eigenvalue weighted by Crippen LogP contribution is 2.32. The van der Waals surface area contributed by atoms with E-state index >= 15 is 0 Å². The van der Waals surface area contributed by atoms with Crippen LogP contribution in [0.3, 0.4) is 0 Å². The Labute approximate surface area is 138 Å². The summed E-state index contributed by atoms with van der Waals surface area (Å²) in [5.41, 5.74) is 5.58. The van der Waals surface area contributed by atoms with E-state index in [1.54, 1.807) is 18.3 Å². The number of benzene rings is 2. The second-order valence-electron chi connectivity index (χ2n) is 4.17. The van der Waals surface area contributed by atoms with E-state index in [0.29, 0.717) is 14.0 Å². The number of nitrogens with zero attached hydrogens (tertiary/aromatic N) is 1. The van der Waals surface area contributed by atoms with E-state index in [4.69, 9.17) is 11.6 Å². The minimum atomic E-state index is 0.167. The van der Waals surface area contributed by atoms with E-state index in [0.717, 1.165) is 16.8 Å². The fourth-order valence-corrected chi connectivity index (χ4v) is 2.91. The van der Waals surface area contributed by atoms with Crippen LogP contribution < -0.4 is 5.43 Å². The van der Waals surface area contributed by atoms with Crippen molar-refractivity contribution in [3.05, 3.63) is 55.4 Å². The average Bonchev–Trinajstić information content (AvgIpc) is 2.40. The van der Waals surface area contributed by atoms with Gasteiger partial charge in [0, 0.05) is 5.02 Å². The smallest absolute Gasteiger partial charge is 0.143 e. The lowest BCUT2D eigenvalue weighted by atomic mass is 10.2. The van der Waals surface area contributed by atoms with Gasteiger partial charge in [0.2, 0.25) is 0 Å². The summed E-state index contributed by atoms with van der Waals surface area (Å²) in [4.78, 5) is 0. The summed E-state index contributed by atoms with van der Waals surface area (Å²) in [5.74, 6) is 0.167. The van der Waals surface area contributed by atoms with Gasteiger partial charge in [-0.2, -0.15) is 5.10 Å². The van der Waals surface area contributed by atoms with Crippen LogP contribution in [0.25, 0.3) is 0 Å². The van der Waals surface area contributed by atoms with Gasteiger partial charge in [0.25, 0.3) is 0 Å². The van der Waals surface area contributed by atoms with Gasteiger partial charge in [-0.05, 0) is 74.2 Å². The molecule has 2 aromatic carbocycles. The summed E-state index contributed by atoms with van der Waals surface area (Å²) >= 11 is 12.6. The minimum Gasteiger partial charge on any atom is -0.506 e. The molecule has 2 aromatic rings. The van der Waals surface area contributed by atoms with Gasteiger partial charge in [0.1, 0.15) is 5.75 Å². The number of aryl methyl sites for hydroxylation is 1. The number of phenols is 1. The molecule has 0 fully saturated rings. The maximum atomic E-state index is 9.62. The molecule has 0 spiro atoms. The van der Waals surface area contributed by atoms with Gasteiger partial charge in [-0.25, -0.2) is 0 Å². The number of nitrogens with one attached hydrogen (secondary N) is 1. The van der Waals surface area contributed by atoms with E-state index in [-0.39, 0.29) is 5.75 Å². The topological polar surface area (TPSA) is 44.6 Å². The lowest BCUT2D eigenvalue weighted by Gasteiger charge is -2.04. The van der Waals surface area contributed by atoms with Crippen LogP contribution in [0.1, 0.15) is 11.1 Å². The molecule has 0 saturated carbocycles. The first-order valence-electron chi connectivity index (χ1n) is 5.70. The zero-order chi connectivity index (χ0) is 14.7. The maximum Gasteiger partial charge on any atom is 0.143 e. The molecule has 20 heavy (non-hydrogen) atoms. The van der Waals surface area contributed by atoms with Crippen molar-refractivity contribution in [3.8, 4) is 5.75 Å². The Hall–Kier alpha value is -1.04. The molecule has 0 radical (unpaired) electrons. The van der Waals surface area contributed by atoms with Gasteiger partial charge in [0.15, 0.2) is 0 Å². The molecule has 0 aliphatic carbocycles. The van der Waals surface area contributed by atoms with Crippen LogP contribution in [0, 0.1) is 6.92 Å². The van der Waals surface area contributed by atoms with Gasteiger partial charge in [-0.15, -0.1) is 0 Å². The first-order chi connectivity index (χ1) is 9.47. The number of rotatable bonds is 3. The van der Waals surface area contributed by atoms with Gasteiger partial charge in [-0.1, -0.05) is 17.7 Å². The number of anilines is 1. The van der Waals surface area contributed by atoms with Crippen molar-refractivity contribution in [3.63, 3.8) is 0 Å². The van der Waals surface area contributed by atoms with Crippen molar-refractivity contribution in [2.45, 2.75) is 6.92 Å². The molecule has 104 valence electrons. The molecule has 0 aliphatic rings. The van der Waals surface area contributed by atoms with Crippen molar-refractivity contribution in [1.29, 1.82) is 0 Å². The van der Waals surface area contributed by atoms with Gasteiger partial charge in [0.05, 0.1) is 20.8 Å². The van der Waals surface area contributed by atoms with Crippen molar-refractivity contribution < 1.29 is 5.11 Å². The summed E-state index contributed by atoms with van der Waals surface area (Å²) in [6.07, 6.45) is 1.66. The second kappa shape index (κ2) is 6.61. The van der Waals surface area contributed by atoms with Crippen molar-refractivity contribution in [2.75, 3.05) is 5.43 Å². The number of phenolic OH excluding ortho intramolecular Hbond substituents is 1. The lowest BCUT2D eigenvalue weighted by molar-refractivity contribution is 0.468. The fraction of sp³-hybridized carbons (Fsp3) is 0.0714. The molecular weight excluding hydrogens is 407 g/mol. The molecule has 0 aromatic heterocycles. The van der Waals surface area contributed by atoms with E-state index in [9.17, 15) is 5.11 Å². The second-order valence-corrected chi connectivity index (χ2v) is 6.28. The molecule has 0 heterocycles. The third-order valence-corrected chi connectivity index (χ3v) is 4.23. The van der Waals surface area contributed by atoms with Crippen molar-refractivity contribution >= 4 is 55.4 Å². The molecule has 2 N–H and O–H groups in total. The first-order valence-corrected chi connectivity index (χ1v) is 7.67. The molecule has 2 rings (SSSR count). The van der Waals surface area contributed by atoms with Crippen LogP contribution in [-0.2, 0) is 0 Å². The molecule has 0 atom stereocenters. The normalized spacial score (nSPS) is 11.0. The molecule has 0 unspecified atom stereocenters. The molecule has 0 saturated heterocycles. The predicted molar refractivity (Wildman–Crippen MR) is 90.9 cm³/mol. The molecule has 3 nitrogen and oxygen atoms in total. The van der Waals surface area contributed by atoms with E-state index in [1.807, 2.05) is 25.1 Å². The first kappa shape index (κ1) is 15.4. The quantitative estimate of drug-likeness (QED) is 0.523. The Morgan fingerprint density at radius 2 is 1.85 bits per heavy atom. The van der Waals surface area contributed by atoms with E-state index in [1.165, 1.54) is 0 Å². The molecule has 6 heteroatoms. The van der Waals surface area contributed by atoms with Gasteiger partial charge >= 0.3 is 0 Å². The van der Waals surface area contributed by atoms with Crippen LogP contribution >= 0.6 is 43.5 Å². The summed E-state index contributed by atoms with van der Waals surface area (Å²) in [5, 5.41) is 14.5. The van der Waals surface area contributed by atoms with Crippen molar-refractivity contribution in [1.82, 2.24) is 0 Å². The van der Waals surface area contributed by atoms with E-state index < -0.39 is 0 Å². The maximum absolute atomic E-state index is 9.62. The summed E-state index contributed by atoms with van der Waals surface area (Å²) in [6.45, 7) is 1.95. The standard InChI is InChI=1S/C14H11Br2ClN2O/c1-8-2-3-10(6-13(8)17)19-18-7-9-4-11(15)14(20)12(16)5-9/h2-7,19-20H,1H3/b18-7+. The average molecular weight is 419 g/mol. The Balaban J connectivity index is 2.12. The molecule has 0 bridgehead atoms. The Morgan fingerprint density at radius 1 is 1.20 bits per heavy atom.